The summed E-state index contributed by atoms with van der Waals surface area (Å²) in [5.74, 6) is -4.72. The van der Waals surface area contributed by atoms with E-state index in [-0.39, 0.29) is 47.7 Å². The van der Waals surface area contributed by atoms with Gasteiger partial charge in [0.25, 0.3) is 5.91 Å². The van der Waals surface area contributed by atoms with Gasteiger partial charge in [0.2, 0.25) is 5.91 Å². The molecule has 4 N–H and O–H groups in total. The molecule has 0 saturated carbocycles. The van der Waals surface area contributed by atoms with Gasteiger partial charge in [0, 0.05) is 37.7 Å². The van der Waals surface area contributed by atoms with Gasteiger partial charge in [0.15, 0.2) is 5.60 Å². The summed E-state index contributed by atoms with van der Waals surface area (Å²) in [6, 6.07) is 22.6. The Kier molecular flexibility index (Phi) is 18.7. The van der Waals surface area contributed by atoms with Crippen molar-refractivity contribution in [2.75, 3.05) is 67.3 Å². The topological polar surface area (TPSA) is 235 Å². The molecule has 1 unspecified atom stereocenters. The van der Waals surface area contributed by atoms with Gasteiger partial charge in [-0.1, -0.05) is 59.6 Å². The van der Waals surface area contributed by atoms with Crippen LogP contribution in [0.25, 0.3) is 10.8 Å². The molecule has 2 atom stereocenters. The lowest BCUT2D eigenvalue weighted by Crippen LogP contribution is -2.43. The second-order valence-electron chi connectivity index (χ2n) is 15.7. The molecule has 0 radical (unpaired) electrons. The normalized spacial score (nSPS) is 14.0. The number of piperidine rings is 1. The Bertz CT molecular complexity index is 2450. The molecule has 0 aliphatic carbocycles. The molecule has 0 bridgehead atoms. The zero-order valence-corrected chi connectivity index (χ0v) is 38.9. The number of aliphatic hydroxyl groups is 1. The molecule has 0 aromatic heterocycles. The van der Waals surface area contributed by atoms with Crippen LogP contribution in [0, 0.1) is 11.3 Å². The standard InChI is InChI=1S/C40H44Cl2N4O5S.C6H8O7/c1-44(2)37(47)25-46(40(48)38-33-9-7-6-8-28(33)20-30(23-43)39(38)51-4)24-29(27-10-13-34(41)35(42)21-27)16-19-45-17-14-26(15-18-45)32-12-11-31(50-3)22-36(32)52(5)49;7-3(8)1-6(13,5(11)12)2-4(9)10/h6-13,20-22,26,29H,14-19,24-25H2,1-5H3;13H,1-2H2,(H,7,8)(H,9,10)(H,11,12)/t29?,52-;/m0./s1. The monoisotopic (exact) mass is 954 g/mol. The van der Waals surface area contributed by atoms with E-state index in [0.29, 0.717) is 27.6 Å². The number of carbonyl (C=O) groups is 5. The average molecular weight is 956 g/mol. The molecule has 1 fully saturated rings. The van der Waals surface area contributed by atoms with Gasteiger partial charge < -0.3 is 44.6 Å². The molecule has 1 aliphatic rings. The molecule has 2 amide bonds. The maximum Gasteiger partial charge on any atom is 0.336 e. The third-order valence-electron chi connectivity index (χ3n) is 11.1. The Balaban J connectivity index is 0.000000617. The number of methoxy groups -OCH3 is 2. The fourth-order valence-electron chi connectivity index (χ4n) is 7.66. The van der Waals surface area contributed by atoms with E-state index in [1.165, 1.54) is 12.0 Å². The lowest BCUT2D eigenvalue weighted by molar-refractivity contribution is -0.170. The van der Waals surface area contributed by atoms with Crippen LogP contribution in [-0.2, 0) is 30.0 Å². The van der Waals surface area contributed by atoms with Gasteiger partial charge in [0.1, 0.15) is 24.1 Å². The highest BCUT2D eigenvalue weighted by molar-refractivity contribution is 7.84. The van der Waals surface area contributed by atoms with Crippen LogP contribution in [0.4, 0.5) is 0 Å². The Morgan fingerprint density at radius 2 is 1.57 bits per heavy atom. The predicted octanol–water partition coefficient (Wildman–Crippen LogP) is 6.11. The molecule has 0 spiro atoms. The Morgan fingerprint density at radius 1 is 0.923 bits per heavy atom. The van der Waals surface area contributed by atoms with Crippen LogP contribution >= 0.6 is 23.2 Å². The number of nitriles is 1. The number of hydrogen-bond acceptors (Lipinski definition) is 11. The highest BCUT2D eigenvalue weighted by atomic mass is 35.5. The van der Waals surface area contributed by atoms with Crippen molar-refractivity contribution in [3.8, 4) is 17.6 Å². The summed E-state index contributed by atoms with van der Waals surface area (Å²) in [6.45, 7) is 2.48. The molecule has 1 saturated heterocycles. The zero-order valence-electron chi connectivity index (χ0n) is 36.6. The molecule has 348 valence electrons. The first-order chi connectivity index (χ1) is 30.7. The average Bonchev–Trinajstić information content (AvgIpc) is 3.26. The van der Waals surface area contributed by atoms with Gasteiger partial charge in [-0.25, -0.2) is 4.79 Å². The number of amides is 2. The number of likely N-dealkylation sites (N-methyl/N-ethyl adjacent to an activating group) is 1. The zero-order chi connectivity index (χ0) is 48.2. The van der Waals surface area contributed by atoms with Crippen molar-refractivity contribution in [2.24, 2.45) is 0 Å². The van der Waals surface area contributed by atoms with Crippen LogP contribution in [0.5, 0.6) is 11.5 Å². The summed E-state index contributed by atoms with van der Waals surface area (Å²) >= 11 is 12.9. The van der Waals surface area contributed by atoms with E-state index in [0.717, 1.165) is 53.9 Å². The second kappa shape index (κ2) is 23.4. The van der Waals surface area contributed by atoms with Crippen molar-refractivity contribution in [1.82, 2.24) is 14.7 Å². The van der Waals surface area contributed by atoms with Gasteiger partial charge in [-0.05, 0) is 97.0 Å². The minimum absolute atomic E-state index is 0.174. The number of fused-ring (bicyclic) bond motifs is 1. The fraction of sp³-hybridized carbons (Fsp3) is 0.391. The summed E-state index contributed by atoms with van der Waals surface area (Å²) < 4.78 is 23.7. The van der Waals surface area contributed by atoms with Crippen molar-refractivity contribution in [1.29, 1.82) is 5.26 Å². The molecule has 65 heavy (non-hydrogen) atoms. The van der Waals surface area contributed by atoms with E-state index >= 15 is 0 Å². The second-order valence-corrected chi connectivity index (χ2v) is 17.9. The summed E-state index contributed by atoms with van der Waals surface area (Å²) in [6.07, 6.45) is 1.92. The third kappa shape index (κ3) is 13.6. The SMILES string of the molecule is COc1ccc(C2CCN(CCC(CN(CC(=O)N(C)C)C(=O)c3c(OC)c(C#N)cc4ccccc34)c3ccc(Cl)c(Cl)c3)CC2)c([S@](C)=O)c1.O=C(O)CC(O)(CC(=O)O)C(=O)O. The first-order valence-corrected chi connectivity index (χ1v) is 22.6. The maximum absolute atomic E-state index is 14.7. The number of likely N-dealkylation sites (tertiary alicyclic amines) is 1. The lowest BCUT2D eigenvalue weighted by Gasteiger charge is -2.35. The van der Waals surface area contributed by atoms with Crippen LogP contribution in [0.15, 0.2) is 71.6 Å². The molecule has 1 aliphatic heterocycles. The fourth-order valence-corrected chi connectivity index (χ4v) is 8.82. The predicted molar refractivity (Wildman–Crippen MR) is 244 cm³/mol. The molecular formula is C46H52Cl2N4O12S. The third-order valence-corrected chi connectivity index (χ3v) is 12.9. The van der Waals surface area contributed by atoms with Crippen LogP contribution in [-0.4, -0.2) is 142 Å². The highest BCUT2D eigenvalue weighted by Crippen LogP contribution is 2.37. The number of carboxylic acid groups (broad SMARTS) is 3. The summed E-state index contributed by atoms with van der Waals surface area (Å²) in [5, 5.41) is 46.0. The molecule has 5 rings (SSSR count). The van der Waals surface area contributed by atoms with Crippen LogP contribution in [0.1, 0.15) is 71.0 Å². The van der Waals surface area contributed by atoms with Gasteiger partial charge in [-0.2, -0.15) is 5.26 Å². The largest absolute Gasteiger partial charge is 0.497 e. The van der Waals surface area contributed by atoms with E-state index in [9.17, 15) is 33.4 Å². The molecule has 19 heteroatoms. The van der Waals surface area contributed by atoms with Crippen LogP contribution < -0.4 is 9.47 Å². The molecule has 4 aromatic carbocycles. The van der Waals surface area contributed by atoms with Crippen molar-refractivity contribution in [3.05, 3.63) is 99.0 Å². The first-order valence-electron chi connectivity index (χ1n) is 20.3. The van der Waals surface area contributed by atoms with Gasteiger partial charge in [-0.3, -0.25) is 23.4 Å². The molecule has 1 heterocycles. The van der Waals surface area contributed by atoms with Crippen molar-refractivity contribution >= 4 is 74.5 Å². The Morgan fingerprint density at radius 3 is 2.11 bits per heavy atom. The number of carbonyl (C=O) groups excluding carboxylic acids is 2. The highest BCUT2D eigenvalue weighted by Gasteiger charge is 2.41. The summed E-state index contributed by atoms with van der Waals surface area (Å²) in [4.78, 5) is 64.7. The van der Waals surface area contributed by atoms with E-state index < -0.39 is 53.1 Å². The van der Waals surface area contributed by atoms with E-state index in [1.54, 1.807) is 44.5 Å². The number of nitrogens with zero attached hydrogens (tertiary/aromatic N) is 4. The van der Waals surface area contributed by atoms with Gasteiger partial charge >= 0.3 is 17.9 Å². The van der Waals surface area contributed by atoms with Crippen molar-refractivity contribution in [2.45, 2.75) is 54.4 Å². The number of ether oxygens (including phenoxy) is 2. The van der Waals surface area contributed by atoms with E-state index in [1.807, 2.05) is 54.6 Å². The molecular weight excluding hydrogens is 903 g/mol. The summed E-state index contributed by atoms with van der Waals surface area (Å²) in [5.41, 5.74) is -0.254. The lowest BCUT2D eigenvalue weighted by atomic mass is 9.88. The Hall–Kier alpha value is -5.77. The number of benzene rings is 4. The maximum atomic E-state index is 14.7. The molecule has 4 aromatic rings. The summed E-state index contributed by atoms with van der Waals surface area (Å²) in [7, 11) is 5.23. The first kappa shape index (κ1) is 51.9. The van der Waals surface area contributed by atoms with E-state index in [2.05, 4.69) is 11.0 Å². The van der Waals surface area contributed by atoms with Gasteiger partial charge in [0.05, 0.1) is 59.0 Å². The number of hydrogen-bond donors (Lipinski definition) is 4. The minimum Gasteiger partial charge on any atom is -0.497 e. The number of aliphatic carboxylic acids is 3. The van der Waals surface area contributed by atoms with Crippen LogP contribution in [0.3, 0.4) is 0 Å². The number of rotatable bonds is 18. The van der Waals surface area contributed by atoms with Gasteiger partial charge in [-0.15, -0.1) is 0 Å². The Labute approximate surface area is 389 Å². The van der Waals surface area contributed by atoms with Crippen molar-refractivity contribution < 1.29 is 58.1 Å². The molecule has 16 nitrogen and oxygen atoms in total. The van der Waals surface area contributed by atoms with Crippen LogP contribution in [0.2, 0.25) is 10.0 Å². The smallest absolute Gasteiger partial charge is 0.336 e. The van der Waals surface area contributed by atoms with Crippen molar-refractivity contribution in [3.63, 3.8) is 0 Å². The minimum atomic E-state index is -2.74. The number of carboxylic acids is 3. The quantitative estimate of drug-likeness (QED) is 0.0882. The number of halogens is 2. The van der Waals surface area contributed by atoms with E-state index in [4.69, 9.17) is 53.1 Å².